The maximum absolute atomic E-state index is 6.29. The molecule has 1 aliphatic rings. The molecule has 1 aromatic rings. The van der Waals surface area contributed by atoms with E-state index >= 15 is 0 Å². The van der Waals surface area contributed by atoms with E-state index in [0.29, 0.717) is 17.9 Å². The van der Waals surface area contributed by atoms with Crippen LogP contribution < -0.4 is 4.74 Å². The molecule has 21 heavy (non-hydrogen) atoms. The first-order valence-electron chi connectivity index (χ1n) is 8.43. The van der Waals surface area contributed by atoms with Gasteiger partial charge in [-0.05, 0) is 61.4 Å². The van der Waals surface area contributed by atoms with Gasteiger partial charge in [0.05, 0.1) is 0 Å². The van der Waals surface area contributed by atoms with E-state index in [1.165, 1.54) is 11.1 Å². The summed E-state index contributed by atoms with van der Waals surface area (Å²) in [7, 11) is 2.19. The Balaban J connectivity index is 2.11. The number of rotatable bonds is 5. The molecule has 0 atom stereocenters. The summed E-state index contributed by atoms with van der Waals surface area (Å²) in [6.07, 6.45) is 3.80. The molecule has 1 saturated heterocycles. The first kappa shape index (κ1) is 16.4. The first-order valence-corrected chi connectivity index (χ1v) is 8.43. The van der Waals surface area contributed by atoms with Gasteiger partial charge in [0.1, 0.15) is 11.9 Å². The molecule has 0 unspecified atom stereocenters. The zero-order chi connectivity index (χ0) is 15.4. The van der Waals surface area contributed by atoms with Crippen molar-refractivity contribution in [2.45, 2.75) is 59.0 Å². The highest BCUT2D eigenvalue weighted by molar-refractivity contribution is 5.36. The van der Waals surface area contributed by atoms with Crippen molar-refractivity contribution in [2.75, 3.05) is 20.1 Å². The zero-order valence-electron chi connectivity index (χ0n) is 14.4. The normalized spacial score (nSPS) is 17.7. The monoisotopic (exact) mass is 289 g/mol. The Morgan fingerprint density at radius 3 is 2.33 bits per heavy atom. The molecular weight excluding hydrogens is 258 g/mol. The Kier molecular flexibility index (Phi) is 5.69. The van der Waals surface area contributed by atoms with Gasteiger partial charge >= 0.3 is 0 Å². The molecule has 0 saturated carbocycles. The van der Waals surface area contributed by atoms with Crippen molar-refractivity contribution < 1.29 is 4.74 Å². The molecule has 0 radical (unpaired) electrons. The van der Waals surface area contributed by atoms with Crippen LogP contribution in [-0.2, 0) is 6.42 Å². The predicted octanol–water partition coefficient (Wildman–Crippen LogP) is 4.48. The van der Waals surface area contributed by atoms with Crippen molar-refractivity contribution in [1.29, 1.82) is 0 Å². The molecule has 1 aromatic carbocycles. The summed E-state index contributed by atoms with van der Waals surface area (Å²) in [5.74, 6) is 2.31. The number of piperidine rings is 1. The molecule has 2 heteroatoms. The summed E-state index contributed by atoms with van der Waals surface area (Å²) in [6, 6.07) is 6.85. The first-order chi connectivity index (χ1) is 9.94. The lowest BCUT2D eigenvalue weighted by Crippen LogP contribution is -2.35. The number of hydrogen-bond donors (Lipinski definition) is 0. The molecule has 0 amide bonds. The average Bonchev–Trinajstić information content (AvgIpc) is 2.40. The maximum atomic E-state index is 6.29. The molecule has 1 fully saturated rings. The summed E-state index contributed by atoms with van der Waals surface area (Å²) >= 11 is 0. The molecule has 1 aliphatic heterocycles. The third-order valence-electron chi connectivity index (χ3n) is 4.27. The fourth-order valence-electron chi connectivity index (χ4n) is 2.97. The van der Waals surface area contributed by atoms with Gasteiger partial charge in [0.15, 0.2) is 0 Å². The van der Waals surface area contributed by atoms with E-state index in [2.05, 4.69) is 57.8 Å². The van der Waals surface area contributed by atoms with Crippen molar-refractivity contribution in [3.05, 3.63) is 29.3 Å². The van der Waals surface area contributed by atoms with E-state index in [1.54, 1.807) is 0 Å². The molecular formula is C19H31NO. The highest BCUT2D eigenvalue weighted by Crippen LogP contribution is 2.27. The molecule has 0 bridgehead atoms. The van der Waals surface area contributed by atoms with Crippen LogP contribution in [0.25, 0.3) is 0 Å². The fraction of sp³-hybridized carbons (Fsp3) is 0.684. The van der Waals surface area contributed by atoms with E-state index in [4.69, 9.17) is 4.74 Å². The van der Waals surface area contributed by atoms with Gasteiger partial charge in [0.2, 0.25) is 0 Å². The van der Waals surface area contributed by atoms with E-state index in [1.807, 2.05) is 0 Å². The summed E-state index contributed by atoms with van der Waals surface area (Å²) in [5, 5.41) is 0. The van der Waals surface area contributed by atoms with Crippen LogP contribution in [0.15, 0.2) is 18.2 Å². The van der Waals surface area contributed by atoms with E-state index in [9.17, 15) is 0 Å². The van der Waals surface area contributed by atoms with Crippen LogP contribution in [0.4, 0.5) is 0 Å². The lowest BCUT2D eigenvalue weighted by molar-refractivity contribution is 0.114. The summed E-state index contributed by atoms with van der Waals surface area (Å²) in [6.45, 7) is 11.4. The van der Waals surface area contributed by atoms with Crippen LogP contribution in [0.5, 0.6) is 5.75 Å². The van der Waals surface area contributed by atoms with E-state index in [-0.39, 0.29) is 0 Å². The molecule has 0 aromatic heterocycles. The van der Waals surface area contributed by atoms with Crippen molar-refractivity contribution in [1.82, 2.24) is 4.90 Å². The van der Waals surface area contributed by atoms with Gasteiger partial charge in [0, 0.05) is 13.1 Å². The SMILES string of the molecule is CC(C)Cc1cc(OC2CCN(C)CC2)cc(C(C)C)c1. The predicted molar refractivity (Wildman–Crippen MR) is 90.2 cm³/mol. The van der Waals surface area contributed by atoms with Gasteiger partial charge < -0.3 is 9.64 Å². The number of hydrogen-bond acceptors (Lipinski definition) is 2. The number of benzene rings is 1. The fourth-order valence-corrected chi connectivity index (χ4v) is 2.97. The average molecular weight is 289 g/mol. The van der Waals surface area contributed by atoms with Gasteiger partial charge in [0.25, 0.3) is 0 Å². The summed E-state index contributed by atoms with van der Waals surface area (Å²) < 4.78 is 6.29. The van der Waals surface area contributed by atoms with Gasteiger partial charge in [-0.2, -0.15) is 0 Å². The lowest BCUT2D eigenvalue weighted by Gasteiger charge is -2.29. The molecule has 1 heterocycles. The van der Waals surface area contributed by atoms with Crippen molar-refractivity contribution in [3.8, 4) is 5.75 Å². The van der Waals surface area contributed by atoms with Gasteiger partial charge in [-0.3, -0.25) is 0 Å². The van der Waals surface area contributed by atoms with Crippen LogP contribution in [0.3, 0.4) is 0 Å². The van der Waals surface area contributed by atoms with Crippen LogP contribution >= 0.6 is 0 Å². The maximum Gasteiger partial charge on any atom is 0.120 e. The molecule has 2 nitrogen and oxygen atoms in total. The van der Waals surface area contributed by atoms with Gasteiger partial charge in [-0.15, -0.1) is 0 Å². The van der Waals surface area contributed by atoms with E-state index in [0.717, 1.165) is 38.1 Å². The second-order valence-electron chi connectivity index (χ2n) is 7.28. The Bertz CT molecular complexity index is 445. The third kappa shape index (κ3) is 5.03. The largest absolute Gasteiger partial charge is 0.490 e. The summed E-state index contributed by atoms with van der Waals surface area (Å²) in [4.78, 5) is 2.38. The minimum absolute atomic E-state index is 0.385. The Labute approximate surface area is 130 Å². The zero-order valence-corrected chi connectivity index (χ0v) is 14.4. The van der Waals surface area contributed by atoms with E-state index < -0.39 is 0 Å². The standard InChI is InChI=1S/C19H31NO/c1-14(2)10-16-11-17(15(3)4)13-19(12-16)21-18-6-8-20(5)9-7-18/h11-15,18H,6-10H2,1-5H3. The highest BCUT2D eigenvalue weighted by Gasteiger charge is 2.18. The van der Waals surface area contributed by atoms with Crippen molar-refractivity contribution in [3.63, 3.8) is 0 Å². The topological polar surface area (TPSA) is 12.5 Å². The van der Waals surface area contributed by atoms with Crippen LogP contribution in [0.1, 0.15) is 57.6 Å². The minimum Gasteiger partial charge on any atom is -0.490 e. The Morgan fingerprint density at radius 2 is 1.76 bits per heavy atom. The quantitative estimate of drug-likeness (QED) is 0.792. The number of likely N-dealkylation sites (tertiary alicyclic amines) is 1. The highest BCUT2D eigenvalue weighted by atomic mass is 16.5. The van der Waals surface area contributed by atoms with Gasteiger partial charge in [-0.25, -0.2) is 0 Å². The number of nitrogens with zero attached hydrogens (tertiary/aromatic N) is 1. The Morgan fingerprint density at radius 1 is 1.10 bits per heavy atom. The van der Waals surface area contributed by atoms with Crippen LogP contribution in [0, 0.1) is 5.92 Å². The van der Waals surface area contributed by atoms with Crippen molar-refractivity contribution >= 4 is 0 Å². The lowest BCUT2D eigenvalue weighted by atomic mass is 9.96. The van der Waals surface area contributed by atoms with Crippen LogP contribution in [-0.4, -0.2) is 31.1 Å². The molecule has 2 rings (SSSR count). The van der Waals surface area contributed by atoms with Crippen LogP contribution in [0.2, 0.25) is 0 Å². The molecule has 0 N–H and O–H groups in total. The second-order valence-corrected chi connectivity index (χ2v) is 7.28. The Hall–Kier alpha value is -1.02. The van der Waals surface area contributed by atoms with Crippen molar-refractivity contribution in [2.24, 2.45) is 5.92 Å². The smallest absolute Gasteiger partial charge is 0.120 e. The van der Waals surface area contributed by atoms with Gasteiger partial charge in [-0.1, -0.05) is 33.8 Å². The number of ether oxygens (including phenoxy) is 1. The molecule has 118 valence electrons. The molecule has 0 aliphatic carbocycles. The minimum atomic E-state index is 0.385. The molecule has 0 spiro atoms. The third-order valence-corrected chi connectivity index (χ3v) is 4.27. The second kappa shape index (κ2) is 7.31. The summed E-state index contributed by atoms with van der Waals surface area (Å²) in [5.41, 5.74) is 2.82.